The Morgan fingerprint density at radius 1 is 1.28 bits per heavy atom. The van der Waals surface area contributed by atoms with Gasteiger partial charge in [-0.2, -0.15) is 0 Å². The molecular weight excluding hydrogens is 242 g/mol. The van der Waals surface area contributed by atoms with Gasteiger partial charge in [-0.25, -0.2) is 4.98 Å². The summed E-state index contributed by atoms with van der Waals surface area (Å²) in [6, 6.07) is 2.29. The van der Waals surface area contributed by atoms with Gasteiger partial charge in [0.15, 0.2) is 0 Å². The number of fused-ring (bicyclic) bond motifs is 2. The topological polar surface area (TPSA) is 28.2 Å². The van der Waals surface area contributed by atoms with Crippen molar-refractivity contribution in [3.05, 3.63) is 15.6 Å². The highest BCUT2D eigenvalue weighted by Crippen LogP contribution is 2.30. The van der Waals surface area contributed by atoms with Crippen molar-refractivity contribution in [2.24, 2.45) is 0 Å². The number of nitrogens with zero attached hydrogens (tertiary/aromatic N) is 2. The molecule has 0 amide bonds. The highest BCUT2D eigenvalue weighted by Gasteiger charge is 2.35. The summed E-state index contributed by atoms with van der Waals surface area (Å²) in [6.07, 6.45) is 5.39. The van der Waals surface area contributed by atoms with Crippen LogP contribution in [0.2, 0.25) is 0 Å². The van der Waals surface area contributed by atoms with Crippen LogP contribution in [0.15, 0.2) is 0 Å². The third kappa shape index (κ3) is 2.46. The van der Waals surface area contributed by atoms with Crippen LogP contribution < -0.4 is 5.32 Å². The quantitative estimate of drug-likeness (QED) is 0.910. The fourth-order valence-corrected chi connectivity index (χ4v) is 4.33. The molecule has 100 valence electrons. The predicted molar refractivity (Wildman–Crippen MR) is 76.0 cm³/mol. The minimum Gasteiger partial charge on any atom is -0.311 e. The first-order valence-electron chi connectivity index (χ1n) is 7.01. The molecule has 0 saturated carbocycles. The summed E-state index contributed by atoms with van der Waals surface area (Å²) in [4.78, 5) is 8.54. The molecule has 2 saturated heterocycles. The Kier molecular flexibility index (Phi) is 3.43. The maximum atomic E-state index is 4.66. The van der Waals surface area contributed by atoms with E-state index in [0.717, 1.165) is 24.7 Å². The summed E-state index contributed by atoms with van der Waals surface area (Å²) in [5, 5.41) is 4.99. The largest absolute Gasteiger partial charge is 0.311 e. The van der Waals surface area contributed by atoms with E-state index in [1.807, 2.05) is 11.3 Å². The van der Waals surface area contributed by atoms with Gasteiger partial charge < -0.3 is 5.32 Å². The molecule has 18 heavy (non-hydrogen) atoms. The van der Waals surface area contributed by atoms with Gasteiger partial charge in [-0.05, 0) is 46.6 Å². The minimum absolute atomic E-state index is 0.744. The van der Waals surface area contributed by atoms with Gasteiger partial charge in [0.25, 0.3) is 0 Å². The lowest BCUT2D eigenvalue weighted by atomic mass is 9.99. The SMILES string of the molecule is Cc1nc(CN(C)C2CC3CCC(C2)N3)sc1C. The van der Waals surface area contributed by atoms with Crippen LogP contribution >= 0.6 is 11.3 Å². The van der Waals surface area contributed by atoms with Crippen molar-refractivity contribution in [1.82, 2.24) is 15.2 Å². The van der Waals surface area contributed by atoms with Crippen molar-refractivity contribution in [3.63, 3.8) is 0 Å². The second kappa shape index (κ2) is 4.91. The van der Waals surface area contributed by atoms with Gasteiger partial charge in [0.2, 0.25) is 0 Å². The van der Waals surface area contributed by atoms with Crippen LogP contribution in [0.5, 0.6) is 0 Å². The van der Waals surface area contributed by atoms with Gasteiger partial charge >= 0.3 is 0 Å². The molecule has 3 nitrogen and oxygen atoms in total. The maximum Gasteiger partial charge on any atom is 0.107 e. The van der Waals surface area contributed by atoms with Gasteiger partial charge in [0, 0.05) is 23.0 Å². The fraction of sp³-hybridized carbons (Fsp3) is 0.786. The molecule has 0 aromatic carbocycles. The molecule has 3 heterocycles. The zero-order chi connectivity index (χ0) is 12.7. The lowest BCUT2D eigenvalue weighted by Crippen LogP contribution is -2.46. The molecule has 1 aromatic rings. The molecular formula is C14H23N3S. The molecule has 2 fully saturated rings. The highest BCUT2D eigenvalue weighted by atomic mass is 32.1. The molecule has 4 heteroatoms. The summed E-state index contributed by atoms with van der Waals surface area (Å²) in [5.41, 5.74) is 1.20. The Hall–Kier alpha value is -0.450. The van der Waals surface area contributed by atoms with E-state index in [-0.39, 0.29) is 0 Å². The Balaban J connectivity index is 1.62. The van der Waals surface area contributed by atoms with Gasteiger partial charge in [0.05, 0.1) is 12.2 Å². The van der Waals surface area contributed by atoms with Crippen LogP contribution in [0.4, 0.5) is 0 Å². The first-order chi connectivity index (χ1) is 8.61. The molecule has 2 atom stereocenters. The molecule has 2 unspecified atom stereocenters. The van der Waals surface area contributed by atoms with Crippen LogP contribution in [0.3, 0.4) is 0 Å². The van der Waals surface area contributed by atoms with Crippen molar-refractivity contribution in [3.8, 4) is 0 Å². The predicted octanol–water partition coefficient (Wildman–Crippen LogP) is 2.47. The summed E-state index contributed by atoms with van der Waals surface area (Å²) in [6.45, 7) is 5.30. The molecule has 1 aromatic heterocycles. The standard InChI is InChI=1S/C14H23N3S/c1-9-10(2)18-14(15-9)8-17(3)13-6-11-4-5-12(7-13)16-11/h11-13,16H,4-8H2,1-3H3. The Bertz CT molecular complexity index is 397. The molecule has 0 radical (unpaired) electrons. The first kappa shape index (κ1) is 12.6. The lowest BCUT2D eigenvalue weighted by molar-refractivity contribution is 0.165. The van der Waals surface area contributed by atoms with Crippen LogP contribution in [0.1, 0.15) is 41.3 Å². The number of nitrogens with one attached hydrogen (secondary N) is 1. The summed E-state index contributed by atoms with van der Waals surface area (Å²) in [7, 11) is 2.27. The average Bonchev–Trinajstić information content (AvgIpc) is 2.82. The summed E-state index contributed by atoms with van der Waals surface area (Å²) < 4.78 is 0. The fourth-order valence-electron chi connectivity index (χ4n) is 3.34. The van der Waals surface area contributed by atoms with E-state index in [1.54, 1.807) is 0 Å². The molecule has 2 aliphatic heterocycles. The molecule has 2 bridgehead atoms. The smallest absolute Gasteiger partial charge is 0.107 e. The minimum atomic E-state index is 0.744. The van der Waals surface area contributed by atoms with E-state index in [9.17, 15) is 0 Å². The van der Waals surface area contributed by atoms with E-state index in [2.05, 4.69) is 36.1 Å². The van der Waals surface area contributed by atoms with E-state index in [4.69, 9.17) is 0 Å². The Morgan fingerprint density at radius 2 is 1.94 bits per heavy atom. The van der Waals surface area contributed by atoms with Gasteiger partial charge in [-0.15, -0.1) is 11.3 Å². The van der Waals surface area contributed by atoms with E-state index in [0.29, 0.717) is 0 Å². The maximum absolute atomic E-state index is 4.66. The van der Waals surface area contributed by atoms with Gasteiger partial charge in [-0.1, -0.05) is 0 Å². The number of hydrogen-bond donors (Lipinski definition) is 1. The Labute approximate surface area is 114 Å². The number of aromatic nitrogens is 1. The van der Waals surface area contributed by atoms with Crippen molar-refractivity contribution < 1.29 is 0 Å². The molecule has 3 rings (SSSR count). The number of rotatable bonds is 3. The average molecular weight is 265 g/mol. The molecule has 2 aliphatic rings. The third-order valence-corrected chi connectivity index (χ3v) is 5.59. The normalized spacial score (nSPS) is 31.2. The van der Waals surface area contributed by atoms with Crippen molar-refractivity contribution in [2.75, 3.05) is 7.05 Å². The zero-order valence-electron chi connectivity index (χ0n) is 11.6. The molecule has 0 aliphatic carbocycles. The van der Waals surface area contributed by atoms with E-state index in [1.165, 1.54) is 41.3 Å². The zero-order valence-corrected chi connectivity index (χ0v) is 12.4. The van der Waals surface area contributed by atoms with Crippen LogP contribution in [-0.2, 0) is 6.54 Å². The van der Waals surface area contributed by atoms with E-state index < -0.39 is 0 Å². The third-order valence-electron chi connectivity index (χ3n) is 4.53. The number of thiazole rings is 1. The second-order valence-corrected chi connectivity index (χ2v) is 7.22. The highest BCUT2D eigenvalue weighted by molar-refractivity contribution is 7.11. The van der Waals surface area contributed by atoms with Crippen LogP contribution in [0.25, 0.3) is 0 Å². The van der Waals surface area contributed by atoms with E-state index >= 15 is 0 Å². The monoisotopic (exact) mass is 265 g/mol. The number of hydrogen-bond acceptors (Lipinski definition) is 4. The van der Waals surface area contributed by atoms with Crippen molar-refractivity contribution in [1.29, 1.82) is 0 Å². The van der Waals surface area contributed by atoms with Crippen molar-refractivity contribution >= 4 is 11.3 Å². The summed E-state index contributed by atoms with van der Waals surface area (Å²) >= 11 is 1.86. The Morgan fingerprint density at radius 3 is 2.50 bits per heavy atom. The number of piperidine rings is 1. The number of aryl methyl sites for hydroxylation is 2. The van der Waals surface area contributed by atoms with Gasteiger partial charge in [-0.3, -0.25) is 4.90 Å². The first-order valence-corrected chi connectivity index (χ1v) is 7.82. The molecule has 0 spiro atoms. The van der Waals surface area contributed by atoms with Crippen molar-refractivity contribution in [2.45, 2.75) is 64.2 Å². The summed E-state index contributed by atoms with van der Waals surface area (Å²) in [5.74, 6) is 0. The van der Waals surface area contributed by atoms with Crippen LogP contribution in [0, 0.1) is 13.8 Å². The van der Waals surface area contributed by atoms with Gasteiger partial charge in [0.1, 0.15) is 5.01 Å². The lowest BCUT2D eigenvalue weighted by Gasteiger charge is -2.35. The molecule has 1 N–H and O–H groups in total. The van der Waals surface area contributed by atoms with Crippen LogP contribution in [-0.4, -0.2) is 35.1 Å². The second-order valence-electron chi connectivity index (χ2n) is 5.93.